The van der Waals surface area contributed by atoms with E-state index in [4.69, 9.17) is 37.8 Å². The second kappa shape index (κ2) is 17.3. The van der Waals surface area contributed by atoms with Gasteiger partial charge < -0.3 is 25.2 Å². The molecule has 276 valence electrons. The van der Waals surface area contributed by atoms with Gasteiger partial charge in [-0.25, -0.2) is 14.4 Å². The molecule has 2 atom stereocenters. The SMILES string of the molecule is CC(C)(C)OC(=O)NC1CCc2cc(/C=C/C(=O)Cc3cc(Cl)cc(Cl)c3)ccc21.CC(C)(C)OC(=O)NC1CCc2cc(/C=C/C(=O)O)ccc21. The van der Waals surface area contributed by atoms with E-state index < -0.39 is 29.4 Å². The fourth-order valence-corrected chi connectivity index (χ4v) is 6.58. The minimum absolute atomic E-state index is 0.0294. The molecular formula is C41H46Cl2N2O7. The number of aryl methyl sites for hydroxylation is 2. The lowest BCUT2D eigenvalue weighted by Gasteiger charge is -2.22. The molecule has 0 spiro atoms. The van der Waals surface area contributed by atoms with Crippen LogP contribution in [0.1, 0.15) is 105 Å². The first kappa shape index (κ1) is 40.2. The molecule has 0 aromatic heterocycles. The largest absolute Gasteiger partial charge is 0.478 e. The number of ketones is 1. The molecule has 0 radical (unpaired) electrons. The third-order valence-electron chi connectivity index (χ3n) is 8.05. The Morgan fingerprint density at radius 2 is 1.15 bits per heavy atom. The van der Waals surface area contributed by atoms with Crippen molar-refractivity contribution in [3.8, 4) is 0 Å². The van der Waals surface area contributed by atoms with Crippen LogP contribution in [-0.2, 0) is 38.3 Å². The number of carbonyl (C=O) groups is 4. The van der Waals surface area contributed by atoms with E-state index >= 15 is 0 Å². The number of benzene rings is 3. The molecule has 0 saturated heterocycles. The standard InChI is InChI=1S/C24H25Cl2NO3.C17H21NO4/c1-24(2,3)30-23(29)27-22-9-6-17-10-15(5-8-21(17)22)4-7-20(28)13-16-11-18(25)14-19(26)12-16;1-17(2,3)22-16(21)18-14-8-6-12-10-11(4-7-13(12)14)5-9-15(19)20/h4-5,7-8,10-12,14,22H,6,9,13H2,1-3H3,(H,27,29);4-5,7,9-10,14H,6,8H2,1-3H3,(H,18,21)(H,19,20)/b7-4+;9-5+. The van der Waals surface area contributed by atoms with E-state index in [-0.39, 0.29) is 24.3 Å². The van der Waals surface area contributed by atoms with E-state index in [0.29, 0.717) is 10.0 Å². The van der Waals surface area contributed by atoms with Crippen molar-refractivity contribution in [2.75, 3.05) is 0 Å². The van der Waals surface area contributed by atoms with E-state index in [0.717, 1.165) is 65.1 Å². The van der Waals surface area contributed by atoms with Crippen molar-refractivity contribution < 1.29 is 33.8 Å². The number of fused-ring (bicyclic) bond motifs is 2. The van der Waals surface area contributed by atoms with E-state index in [1.807, 2.05) is 78.0 Å². The predicted molar refractivity (Wildman–Crippen MR) is 205 cm³/mol. The molecule has 9 nitrogen and oxygen atoms in total. The maximum atomic E-state index is 12.3. The van der Waals surface area contributed by atoms with Crippen molar-refractivity contribution in [1.29, 1.82) is 0 Å². The molecular weight excluding hydrogens is 703 g/mol. The van der Waals surface area contributed by atoms with Crippen molar-refractivity contribution in [3.63, 3.8) is 0 Å². The first-order valence-electron chi connectivity index (χ1n) is 17.1. The zero-order valence-electron chi connectivity index (χ0n) is 30.3. The summed E-state index contributed by atoms with van der Waals surface area (Å²) >= 11 is 12.0. The Bertz CT molecular complexity index is 1850. The summed E-state index contributed by atoms with van der Waals surface area (Å²) in [6.07, 6.45) is 8.85. The van der Waals surface area contributed by atoms with E-state index in [9.17, 15) is 19.2 Å². The Morgan fingerprint density at radius 3 is 1.58 bits per heavy atom. The zero-order valence-corrected chi connectivity index (χ0v) is 31.9. The van der Waals surface area contributed by atoms with Gasteiger partial charge >= 0.3 is 18.2 Å². The first-order valence-corrected chi connectivity index (χ1v) is 17.9. The van der Waals surface area contributed by atoms with Crippen LogP contribution < -0.4 is 10.6 Å². The number of hydrogen-bond donors (Lipinski definition) is 3. The minimum Gasteiger partial charge on any atom is -0.478 e. The van der Waals surface area contributed by atoms with Crippen LogP contribution in [0.4, 0.5) is 9.59 Å². The van der Waals surface area contributed by atoms with Gasteiger partial charge in [0.15, 0.2) is 5.78 Å². The molecule has 0 aliphatic heterocycles. The predicted octanol–water partition coefficient (Wildman–Crippen LogP) is 9.63. The fraction of sp³-hybridized carbons (Fsp3) is 0.366. The molecule has 2 amide bonds. The fourth-order valence-electron chi connectivity index (χ4n) is 6.01. The van der Waals surface area contributed by atoms with Crippen molar-refractivity contribution >= 4 is 59.3 Å². The number of alkyl carbamates (subject to hydrolysis) is 2. The van der Waals surface area contributed by atoms with E-state index in [2.05, 4.69) is 16.7 Å². The maximum absolute atomic E-state index is 12.3. The van der Waals surface area contributed by atoms with Crippen molar-refractivity contribution in [2.24, 2.45) is 0 Å². The summed E-state index contributed by atoms with van der Waals surface area (Å²) in [6, 6.07) is 16.8. The van der Waals surface area contributed by atoms with Crippen LogP contribution in [0.2, 0.25) is 10.0 Å². The minimum atomic E-state index is -0.968. The lowest BCUT2D eigenvalue weighted by molar-refractivity contribution is -0.131. The summed E-state index contributed by atoms with van der Waals surface area (Å²) in [7, 11) is 0. The zero-order chi connectivity index (χ0) is 38.2. The van der Waals surface area contributed by atoms with Crippen molar-refractivity contribution in [3.05, 3.63) is 116 Å². The number of halogens is 2. The molecule has 0 heterocycles. The summed E-state index contributed by atoms with van der Waals surface area (Å²) in [6.45, 7) is 11.0. The quantitative estimate of drug-likeness (QED) is 0.196. The molecule has 2 aliphatic carbocycles. The monoisotopic (exact) mass is 748 g/mol. The molecule has 52 heavy (non-hydrogen) atoms. The average Bonchev–Trinajstić information content (AvgIpc) is 3.59. The molecule has 11 heteroatoms. The Kier molecular flexibility index (Phi) is 13.3. The van der Waals surface area contributed by atoms with Gasteiger partial charge in [-0.15, -0.1) is 0 Å². The number of nitrogens with one attached hydrogen (secondary N) is 2. The van der Waals surface area contributed by atoms with Gasteiger partial charge in [0, 0.05) is 22.5 Å². The molecule has 5 rings (SSSR count). The number of amides is 2. The van der Waals surface area contributed by atoms with Crippen LogP contribution in [0.5, 0.6) is 0 Å². The van der Waals surface area contributed by atoms with Crippen LogP contribution in [0.3, 0.4) is 0 Å². The Labute approximate surface area is 315 Å². The van der Waals surface area contributed by atoms with Crippen LogP contribution in [-0.4, -0.2) is 40.2 Å². The van der Waals surface area contributed by atoms with Gasteiger partial charge in [0.1, 0.15) is 11.2 Å². The van der Waals surface area contributed by atoms with E-state index in [1.165, 1.54) is 5.56 Å². The number of rotatable bonds is 8. The van der Waals surface area contributed by atoms with Gasteiger partial charge in [-0.1, -0.05) is 65.7 Å². The van der Waals surface area contributed by atoms with Gasteiger partial charge in [-0.3, -0.25) is 4.79 Å². The van der Waals surface area contributed by atoms with Gasteiger partial charge in [0.25, 0.3) is 0 Å². The lowest BCUT2D eigenvalue weighted by Crippen LogP contribution is -2.34. The normalized spacial score (nSPS) is 16.5. The topological polar surface area (TPSA) is 131 Å². The lowest BCUT2D eigenvalue weighted by atomic mass is 10.0. The van der Waals surface area contributed by atoms with E-state index in [1.54, 1.807) is 30.4 Å². The molecule has 3 aromatic carbocycles. The Morgan fingerprint density at radius 1 is 0.712 bits per heavy atom. The third kappa shape index (κ3) is 12.9. The smallest absolute Gasteiger partial charge is 0.408 e. The van der Waals surface area contributed by atoms with Gasteiger partial charge in [0.2, 0.25) is 0 Å². The van der Waals surface area contributed by atoms with Gasteiger partial charge in [-0.2, -0.15) is 0 Å². The Hall–Kier alpha value is -4.60. The second-order valence-corrected chi connectivity index (χ2v) is 15.7. The highest BCUT2D eigenvalue weighted by Crippen LogP contribution is 2.33. The number of carboxylic acids is 1. The van der Waals surface area contributed by atoms with Gasteiger partial charge in [0.05, 0.1) is 12.1 Å². The van der Waals surface area contributed by atoms with Crippen molar-refractivity contribution in [1.82, 2.24) is 10.6 Å². The van der Waals surface area contributed by atoms with Gasteiger partial charge in [-0.05, 0) is 137 Å². The molecule has 3 aromatic rings. The number of ether oxygens (including phenoxy) is 2. The maximum Gasteiger partial charge on any atom is 0.408 e. The van der Waals surface area contributed by atoms with Crippen LogP contribution in [0.15, 0.2) is 66.7 Å². The molecule has 2 unspecified atom stereocenters. The van der Waals surface area contributed by atoms with Crippen LogP contribution >= 0.6 is 23.2 Å². The molecule has 3 N–H and O–H groups in total. The molecule has 0 fully saturated rings. The highest BCUT2D eigenvalue weighted by molar-refractivity contribution is 6.34. The first-order chi connectivity index (χ1) is 24.3. The average molecular weight is 750 g/mol. The summed E-state index contributed by atoms with van der Waals surface area (Å²) in [4.78, 5) is 46.8. The highest BCUT2D eigenvalue weighted by atomic mass is 35.5. The number of aliphatic carboxylic acids is 1. The second-order valence-electron chi connectivity index (χ2n) is 14.8. The summed E-state index contributed by atoms with van der Waals surface area (Å²) in [5.41, 5.74) is 6.01. The number of allylic oxidation sites excluding steroid dienone is 1. The van der Waals surface area contributed by atoms with Crippen molar-refractivity contribution in [2.45, 2.75) is 96.9 Å². The molecule has 2 aliphatic rings. The van der Waals surface area contributed by atoms with Crippen LogP contribution in [0.25, 0.3) is 12.2 Å². The summed E-state index contributed by atoms with van der Waals surface area (Å²) in [5, 5.41) is 15.5. The number of carboxylic acid groups (broad SMARTS) is 1. The number of hydrogen-bond acceptors (Lipinski definition) is 6. The number of carbonyl (C=O) groups excluding carboxylic acids is 3. The molecule has 0 saturated carbocycles. The molecule has 0 bridgehead atoms. The summed E-state index contributed by atoms with van der Waals surface area (Å²) < 4.78 is 10.6. The Balaban J connectivity index is 0.000000244. The van der Waals surface area contributed by atoms with Crippen LogP contribution in [0, 0.1) is 0 Å². The third-order valence-corrected chi connectivity index (χ3v) is 8.49. The summed E-state index contributed by atoms with van der Waals surface area (Å²) in [5.74, 6) is -0.997. The highest BCUT2D eigenvalue weighted by Gasteiger charge is 2.27.